The number of rotatable bonds is 7. The smallest absolute Gasteiger partial charge is 0.262 e. The van der Waals surface area contributed by atoms with Crippen LogP contribution in [0.4, 0.5) is 10.1 Å². The van der Waals surface area contributed by atoms with Gasteiger partial charge >= 0.3 is 0 Å². The van der Waals surface area contributed by atoms with E-state index in [9.17, 15) is 9.18 Å². The first-order chi connectivity index (χ1) is 16.7. The van der Waals surface area contributed by atoms with E-state index in [0.717, 1.165) is 30.8 Å². The van der Waals surface area contributed by atoms with E-state index in [-0.39, 0.29) is 11.4 Å². The van der Waals surface area contributed by atoms with Crippen LogP contribution in [0, 0.1) is 5.82 Å². The second-order valence-corrected chi connectivity index (χ2v) is 9.25. The predicted molar refractivity (Wildman–Crippen MR) is 135 cm³/mol. The molecule has 1 aliphatic heterocycles. The van der Waals surface area contributed by atoms with Gasteiger partial charge in [0.05, 0.1) is 24.1 Å². The van der Waals surface area contributed by atoms with Crippen molar-refractivity contribution >= 4 is 28.4 Å². The Morgan fingerprint density at radius 3 is 2.47 bits per heavy atom. The average molecular weight is 476 g/mol. The summed E-state index contributed by atoms with van der Waals surface area (Å²) in [5, 5.41) is 1.31. The molecule has 1 saturated heterocycles. The van der Waals surface area contributed by atoms with Gasteiger partial charge in [-0.3, -0.25) is 9.36 Å². The van der Waals surface area contributed by atoms with Crippen LogP contribution in [0.2, 0.25) is 0 Å². The Morgan fingerprint density at radius 1 is 0.941 bits per heavy atom. The van der Waals surface area contributed by atoms with Crippen LogP contribution in [0.1, 0.15) is 11.1 Å². The summed E-state index contributed by atoms with van der Waals surface area (Å²) >= 11 is 1.50. The average Bonchev–Trinajstić information content (AvgIpc) is 2.89. The minimum absolute atomic E-state index is 0.0300. The van der Waals surface area contributed by atoms with Crippen molar-refractivity contribution in [1.82, 2.24) is 9.55 Å². The summed E-state index contributed by atoms with van der Waals surface area (Å²) in [4.78, 5) is 20.8. The Morgan fingerprint density at radius 2 is 1.71 bits per heavy atom. The van der Waals surface area contributed by atoms with E-state index in [1.807, 2.05) is 36.4 Å². The van der Waals surface area contributed by atoms with Crippen molar-refractivity contribution in [2.24, 2.45) is 0 Å². The number of ether oxygens (including phenoxy) is 1. The number of benzene rings is 3. The van der Waals surface area contributed by atoms with Crippen molar-refractivity contribution < 1.29 is 9.13 Å². The van der Waals surface area contributed by atoms with Gasteiger partial charge in [0.2, 0.25) is 0 Å². The molecule has 0 amide bonds. The fraction of sp³-hybridized carbons (Fsp3) is 0.259. The molecule has 5 nitrogen and oxygen atoms in total. The van der Waals surface area contributed by atoms with Gasteiger partial charge in [-0.15, -0.1) is 0 Å². The molecule has 0 bridgehead atoms. The lowest BCUT2D eigenvalue weighted by molar-refractivity contribution is 0.122. The zero-order valence-electron chi connectivity index (χ0n) is 18.8. The maximum Gasteiger partial charge on any atom is 0.262 e. The van der Waals surface area contributed by atoms with Crippen molar-refractivity contribution in [1.29, 1.82) is 0 Å². The first-order valence-corrected chi connectivity index (χ1v) is 12.4. The standard InChI is InChI=1S/C27H26FN3O2S/c28-22-8-6-21(7-9-22)19-34-27-29-25-11-10-23(30-14-16-33-17-15-30)18-24(25)26(32)31(27)13-12-20-4-2-1-3-5-20/h1-11,18H,12-17,19H2. The van der Waals surface area contributed by atoms with Gasteiger partial charge in [-0.05, 0) is 47.9 Å². The maximum absolute atomic E-state index is 13.7. The van der Waals surface area contributed by atoms with Gasteiger partial charge in [0.1, 0.15) is 5.82 Å². The van der Waals surface area contributed by atoms with Gasteiger partial charge in [-0.25, -0.2) is 9.37 Å². The first-order valence-electron chi connectivity index (χ1n) is 11.5. The number of anilines is 1. The second-order valence-electron chi connectivity index (χ2n) is 8.30. The van der Waals surface area contributed by atoms with Gasteiger partial charge < -0.3 is 9.64 Å². The molecular formula is C27H26FN3O2S. The summed E-state index contributed by atoms with van der Waals surface area (Å²) in [7, 11) is 0. The minimum atomic E-state index is -0.256. The third-order valence-corrected chi connectivity index (χ3v) is 7.07. The van der Waals surface area contributed by atoms with Gasteiger partial charge in [0, 0.05) is 31.1 Å². The summed E-state index contributed by atoms with van der Waals surface area (Å²) in [5.41, 5.74) is 3.84. The van der Waals surface area contributed by atoms with Crippen molar-refractivity contribution in [3.63, 3.8) is 0 Å². The fourth-order valence-corrected chi connectivity index (χ4v) is 5.11. The lowest BCUT2D eigenvalue weighted by atomic mass is 10.1. The molecule has 174 valence electrons. The normalized spacial score (nSPS) is 14.0. The highest BCUT2D eigenvalue weighted by Gasteiger charge is 2.16. The Labute approximate surface area is 202 Å². The van der Waals surface area contributed by atoms with Crippen LogP contribution in [-0.2, 0) is 23.5 Å². The van der Waals surface area contributed by atoms with E-state index in [2.05, 4.69) is 17.0 Å². The van der Waals surface area contributed by atoms with E-state index in [1.54, 1.807) is 16.7 Å². The third-order valence-electron chi connectivity index (χ3n) is 6.03. The zero-order chi connectivity index (χ0) is 23.3. The number of halogens is 1. The molecule has 3 aromatic carbocycles. The number of aryl methyl sites for hydroxylation is 1. The molecule has 0 radical (unpaired) electrons. The number of nitrogens with zero attached hydrogens (tertiary/aromatic N) is 3. The van der Waals surface area contributed by atoms with Crippen LogP contribution < -0.4 is 10.5 Å². The Hall–Kier alpha value is -3.16. The first kappa shape index (κ1) is 22.6. The lowest BCUT2D eigenvalue weighted by Gasteiger charge is -2.29. The van der Waals surface area contributed by atoms with E-state index in [1.165, 1.54) is 29.5 Å². The Bertz CT molecular complexity index is 1320. The number of hydrogen-bond acceptors (Lipinski definition) is 5. The molecule has 2 heterocycles. The molecular weight excluding hydrogens is 449 g/mol. The molecule has 1 fully saturated rings. The number of morpholine rings is 1. The van der Waals surface area contributed by atoms with Gasteiger partial charge in [0.25, 0.3) is 5.56 Å². The topological polar surface area (TPSA) is 47.4 Å². The van der Waals surface area contributed by atoms with E-state index in [4.69, 9.17) is 9.72 Å². The molecule has 4 aromatic rings. The largest absolute Gasteiger partial charge is 0.378 e. The predicted octanol–water partition coefficient (Wildman–Crippen LogP) is 4.91. The molecule has 0 N–H and O–H groups in total. The summed E-state index contributed by atoms with van der Waals surface area (Å²) < 4.78 is 20.5. The zero-order valence-corrected chi connectivity index (χ0v) is 19.6. The summed E-state index contributed by atoms with van der Waals surface area (Å²) in [5.74, 6) is 0.350. The van der Waals surface area contributed by atoms with Crippen LogP contribution in [0.25, 0.3) is 10.9 Å². The monoisotopic (exact) mass is 475 g/mol. The minimum Gasteiger partial charge on any atom is -0.378 e. The van der Waals surface area contributed by atoms with Crippen molar-refractivity contribution in [2.45, 2.75) is 23.9 Å². The molecule has 0 atom stereocenters. The molecule has 0 spiro atoms. The SMILES string of the molecule is O=c1c2cc(N3CCOCC3)ccc2nc(SCc2ccc(F)cc2)n1CCc1ccccc1. The van der Waals surface area contributed by atoms with E-state index >= 15 is 0 Å². The highest BCUT2D eigenvalue weighted by Crippen LogP contribution is 2.25. The number of aromatic nitrogens is 2. The quantitative estimate of drug-likeness (QED) is 0.281. The fourth-order valence-electron chi connectivity index (χ4n) is 4.13. The molecule has 0 aliphatic carbocycles. The molecule has 1 aromatic heterocycles. The number of hydrogen-bond donors (Lipinski definition) is 0. The number of thioether (sulfide) groups is 1. The summed E-state index contributed by atoms with van der Waals surface area (Å²) in [6, 6.07) is 22.5. The second kappa shape index (κ2) is 10.4. The lowest BCUT2D eigenvalue weighted by Crippen LogP contribution is -2.36. The van der Waals surface area contributed by atoms with Gasteiger partial charge in [0.15, 0.2) is 5.16 Å². The van der Waals surface area contributed by atoms with Crippen molar-refractivity contribution in [3.05, 3.63) is 100 Å². The molecule has 7 heteroatoms. The van der Waals surface area contributed by atoms with Crippen LogP contribution in [-0.4, -0.2) is 35.9 Å². The maximum atomic E-state index is 13.7. The van der Waals surface area contributed by atoms with Crippen LogP contribution >= 0.6 is 11.8 Å². The molecule has 1 aliphatic rings. The Balaban J connectivity index is 1.49. The number of fused-ring (bicyclic) bond motifs is 1. The van der Waals surface area contributed by atoms with Crippen LogP contribution in [0.3, 0.4) is 0 Å². The van der Waals surface area contributed by atoms with Gasteiger partial charge in [-0.2, -0.15) is 0 Å². The van der Waals surface area contributed by atoms with Crippen LogP contribution in [0.5, 0.6) is 0 Å². The van der Waals surface area contributed by atoms with Crippen LogP contribution in [0.15, 0.2) is 82.7 Å². The summed E-state index contributed by atoms with van der Waals surface area (Å²) in [6.45, 7) is 3.55. The van der Waals surface area contributed by atoms with E-state index in [0.29, 0.717) is 41.6 Å². The third kappa shape index (κ3) is 5.16. The highest BCUT2D eigenvalue weighted by molar-refractivity contribution is 7.98. The van der Waals surface area contributed by atoms with Crippen molar-refractivity contribution in [3.8, 4) is 0 Å². The molecule has 5 rings (SSSR count). The summed E-state index contributed by atoms with van der Waals surface area (Å²) in [6.07, 6.45) is 0.737. The van der Waals surface area contributed by atoms with Gasteiger partial charge in [-0.1, -0.05) is 54.2 Å². The molecule has 0 unspecified atom stereocenters. The highest BCUT2D eigenvalue weighted by atomic mass is 32.2. The molecule has 0 saturated carbocycles. The molecule has 34 heavy (non-hydrogen) atoms. The Kier molecular flexibility index (Phi) is 6.92. The van der Waals surface area contributed by atoms with E-state index < -0.39 is 0 Å². The van der Waals surface area contributed by atoms with Crippen molar-refractivity contribution in [2.75, 3.05) is 31.2 Å².